The van der Waals surface area contributed by atoms with Crippen LogP contribution in [0.25, 0.3) is 5.65 Å². The molecule has 0 saturated heterocycles. The number of rotatable bonds is 2. The van der Waals surface area contributed by atoms with Gasteiger partial charge in [0.25, 0.3) is 0 Å². The molecule has 2 aromatic heterocycles. The molecule has 0 aliphatic rings. The van der Waals surface area contributed by atoms with E-state index in [1.807, 2.05) is 0 Å². The molecule has 0 spiro atoms. The van der Waals surface area contributed by atoms with Crippen LogP contribution in [0.1, 0.15) is 17.3 Å². The molecule has 0 radical (unpaired) electrons. The van der Waals surface area contributed by atoms with Crippen molar-refractivity contribution in [3.05, 3.63) is 23.9 Å². The van der Waals surface area contributed by atoms with E-state index in [0.717, 1.165) is 0 Å². The molecule has 2 rings (SSSR count). The lowest BCUT2D eigenvalue weighted by atomic mass is 10.3. The van der Waals surface area contributed by atoms with E-state index in [-0.39, 0.29) is 5.95 Å². The first-order chi connectivity index (χ1) is 7.24. The predicted octanol–water partition coefficient (Wildman–Crippen LogP) is 0.488. The van der Waals surface area contributed by atoms with Crippen LogP contribution in [0.2, 0.25) is 0 Å². The highest BCUT2D eigenvalue weighted by Gasteiger charge is 2.14. The number of nitrogen functional groups attached to an aromatic ring is 1. The van der Waals surface area contributed by atoms with E-state index in [9.17, 15) is 4.79 Å². The molecule has 0 atom stereocenters. The number of nitrogens with two attached hydrogens (primary N) is 1. The number of carbonyl (C=O) groups excluding carboxylic acids is 1. The zero-order chi connectivity index (χ0) is 10.8. The van der Waals surface area contributed by atoms with E-state index in [0.29, 0.717) is 17.8 Å². The molecule has 0 fully saturated rings. The average Bonchev–Trinajstić information content (AvgIpc) is 2.61. The lowest BCUT2D eigenvalue weighted by molar-refractivity contribution is 0.0528. The number of aromatic nitrogens is 3. The molecule has 15 heavy (non-hydrogen) atoms. The van der Waals surface area contributed by atoms with Gasteiger partial charge in [-0.25, -0.2) is 4.79 Å². The Hall–Kier alpha value is -2.11. The van der Waals surface area contributed by atoms with Crippen molar-refractivity contribution in [2.24, 2.45) is 0 Å². The minimum atomic E-state index is -0.421. The number of anilines is 1. The molecule has 6 nitrogen and oxygen atoms in total. The zero-order valence-corrected chi connectivity index (χ0v) is 8.17. The van der Waals surface area contributed by atoms with E-state index < -0.39 is 5.97 Å². The van der Waals surface area contributed by atoms with Crippen molar-refractivity contribution in [2.75, 3.05) is 12.3 Å². The first-order valence-corrected chi connectivity index (χ1v) is 4.50. The van der Waals surface area contributed by atoms with Crippen LogP contribution in [0, 0.1) is 0 Å². The van der Waals surface area contributed by atoms with Gasteiger partial charge in [0.1, 0.15) is 5.56 Å². The maximum atomic E-state index is 11.5. The van der Waals surface area contributed by atoms with Gasteiger partial charge in [-0.05, 0) is 19.1 Å². The van der Waals surface area contributed by atoms with Gasteiger partial charge in [-0.1, -0.05) is 0 Å². The first kappa shape index (κ1) is 9.45. The van der Waals surface area contributed by atoms with Gasteiger partial charge in [0.2, 0.25) is 5.95 Å². The highest BCUT2D eigenvalue weighted by Crippen LogP contribution is 2.12. The Bertz CT molecular complexity index is 506. The van der Waals surface area contributed by atoms with Crippen LogP contribution in [0.5, 0.6) is 0 Å². The van der Waals surface area contributed by atoms with Crippen LogP contribution < -0.4 is 5.73 Å². The second kappa shape index (κ2) is 3.56. The molecule has 2 aromatic rings. The number of nitrogens with zero attached hydrogens (tertiary/aromatic N) is 3. The van der Waals surface area contributed by atoms with Gasteiger partial charge in [0.05, 0.1) is 6.61 Å². The monoisotopic (exact) mass is 206 g/mol. The van der Waals surface area contributed by atoms with Crippen molar-refractivity contribution in [1.29, 1.82) is 0 Å². The van der Waals surface area contributed by atoms with E-state index >= 15 is 0 Å². The Morgan fingerprint density at radius 2 is 2.40 bits per heavy atom. The van der Waals surface area contributed by atoms with Crippen LogP contribution in [0.4, 0.5) is 5.95 Å². The summed E-state index contributed by atoms with van der Waals surface area (Å²) in [5.41, 5.74) is 6.33. The number of ether oxygens (including phenoxy) is 1. The molecule has 0 saturated carbocycles. The molecular weight excluding hydrogens is 196 g/mol. The smallest absolute Gasteiger partial charge is 0.341 e. The molecule has 0 aliphatic carbocycles. The maximum absolute atomic E-state index is 11.5. The average molecular weight is 206 g/mol. The number of carbonyl (C=O) groups is 1. The maximum Gasteiger partial charge on any atom is 0.341 e. The SMILES string of the molecule is CCOC(=O)c1cccn2c(N)nnc12. The van der Waals surface area contributed by atoms with E-state index in [1.165, 1.54) is 4.40 Å². The van der Waals surface area contributed by atoms with Crippen LogP contribution in [0.3, 0.4) is 0 Å². The van der Waals surface area contributed by atoms with Crippen molar-refractivity contribution in [3.63, 3.8) is 0 Å². The van der Waals surface area contributed by atoms with E-state index in [4.69, 9.17) is 10.5 Å². The molecule has 0 amide bonds. The van der Waals surface area contributed by atoms with Gasteiger partial charge < -0.3 is 10.5 Å². The number of hydrogen-bond acceptors (Lipinski definition) is 5. The molecule has 0 aliphatic heterocycles. The number of pyridine rings is 1. The lowest BCUT2D eigenvalue weighted by Gasteiger charge is -2.02. The van der Waals surface area contributed by atoms with E-state index in [1.54, 1.807) is 25.3 Å². The Balaban J connectivity index is 2.56. The Kier molecular flexibility index (Phi) is 2.24. The molecule has 0 bridgehead atoms. The van der Waals surface area contributed by atoms with Crippen LogP contribution >= 0.6 is 0 Å². The van der Waals surface area contributed by atoms with E-state index in [2.05, 4.69) is 10.2 Å². The second-order valence-electron chi connectivity index (χ2n) is 2.89. The molecular formula is C9H10N4O2. The summed E-state index contributed by atoms with van der Waals surface area (Å²) >= 11 is 0. The van der Waals surface area contributed by atoms with Gasteiger partial charge in [-0.2, -0.15) is 0 Å². The molecule has 0 aromatic carbocycles. The minimum Gasteiger partial charge on any atom is -0.462 e. The molecule has 6 heteroatoms. The van der Waals surface area contributed by atoms with Gasteiger partial charge in [-0.3, -0.25) is 4.40 Å². The number of fused-ring (bicyclic) bond motifs is 1. The summed E-state index contributed by atoms with van der Waals surface area (Å²) in [6.45, 7) is 2.07. The highest BCUT2D eigenvalue weighted by atomic mass is 16.5. The van der Waals surface area contributed by atoms with Gasteiger partial charge in [0.15, 0.2) is 5.65 Å². The zero-order valence-electron chi connectivity index (χ0n) is 8.17. The van der Waals surface area contributed by atoms with Crippen LogP contribution in [-0.2, 0) is 4.74 Å². The molecule has 78 valence electrons. The molecule has 0 unspecified atom stereocenters. The third kappa shape index (κ3) is 1.50. The summed E-state index contributed by atoms with van der Waals surface area (Å²) < 4.78 is 6.42. The van der Waals surface area contributed by atoms with Gasteiger partial charge in [-0.15, -0.1) is 10.2 Å². The van der Waals surface area contributed by atoms with Crippen molar-refractivity contribution in [1.82, 2.24) is 14.6 Å². The minimum absolute atomic E-state index is 0.246. The fourth-order valence-electron chi connectivity index (χ4n) is 1.30. The summed E-state index contributed by atoms with van der Waals surface area (Å²) in [7, 11) is 0. The van der Waals surface area contributed by atoms with Crippen molar-refractivity contribution < 1.29 is 9.53 Å². The third-order valence-corrected chi connectivity index (χ3v) is 1.96. The standard InChI is InChI=1S/C9H10N4O2/c1-2-15-8(14)6-4-3-5-13-7(6)11-12-9(13)10/h3-5H,2H2,1H3,(H2,10,12). The first-order valence-electron chi connectivity index (χ1n) is 4.50. The second-order valence-corrected chi connectivity index (χ2v) is 2.89. The Labute approximate surface area is 85.7 Å². The lowest BCUT2D eigenvalue weighted by Crippen LogP contribution is -2.07. The summed E-state index contributed by atoms with van der Waals surface area (Å²) in [5, 5.41) is 7.49. The summed E-state index contributed by atoms with van der Waals surface area (Å²) in [6.07, 6.45) is 1.69. The highest BCUT2D eigenvalue weighted by molar-refractivity contribution is 5.95. The van der Waals surface area contributed by atoms with Crippen LogP contribution in [-0.4, -0.2) is 27.2 Å². The van der Waals surface area contributed by atoms with Gasteiger partial charge >= 0.3 is 5.97 Å². The fraction of sp³-hybridized carbons (Fsp3) is 0.222. The molecule has 2 N–H and O–H groups in total. The quantitative estimate of drug-likeness (QED) is 0.723. The summed E-state index contributed by atoms with van der Waals surface area (Å²) in [4.78, 5) is 11.5. The van der Waals surface area contributed by atoms with Crippen molar-refractivity contribution in [2.45, 2.75) is 6.92 Å². The predicted molar refractivity (Wildman–Crippen MR) is 53.4 cm³/mol. The summed E-state index contributed by atoms with van der Waals surface area (Å²) in [5.74, 6) is -0.174. The van der Waals surface area contributed by atoms with Gasteiger partial charge in [0, 0.05) is 6.20 Å². The number of esters is 1. The van der Waals surface area contributed by atoms with Crippen LogP contribution in [0.15, 0.2) is 18.3 Å². The van der Waals surface area contributed by atoms with Crippen molar-refractivity contribution in [3.8, 4) is 0 Å². The largest absolute Gasteiger partial charge is 0.462 e. The summed E-state index contributed by atoms with van der Waals surface area (Å²) in [6, 6.07) is 3.32. The Morgan fingerprint density at radius 1 is 1.60 bits per heavy atom. The number of hydrogen-bond donors (Lipinski definition) is 1. The van der Waals surface area contributed by atoms with Crippen molar-refractivity contribution >= 4 is 17.6 Å². The normalized spacial score (nSPS) is 10.5. The fourth-order valence-corrected chi connectivity index (χ4v) is 1.30. The Morgan fingerprint density at radius 3 is 3.13 bits per heavy atom. The topological polar surface area (TPSA) is 82.5 Å². The third-order valence-electron chi connectivity index (χ3n) is 1.96. The molecule has 2 heterocycles.